The standard InChI is InChI=1S/C18H30N2O/c1-3-18(4-2)10-11-20(14-18)13-17(21)16(19)12-15-8-6-5-7-9-15/h5-9,16-17,21H,3-4,10-14,19H2,1-2H3. The summed E-state index contributed by atoms with van der Waals surface area (Å²) in [5, 5.41) is 10.4. The molecule has 0 aliphatic carbocycles. The van der Waals surface area contributed by atoms with Gasteiger partial charge in [-0.3, -0.25) is 0 Å². The number of β-amino-alcohol motifs (C(OH)–C–C–N with tert-alkyl or cyclic N) is 1. The number of benzene rings is 1. The van der Waals surface area contributed by atoms with Crippen molar-refractivity contribution in [1.82, 2.24) is 4.90 Å². The maximum Gasteiger partial charge on any atom is 0.0820 e. The zero-order valence-corrected chi connectivity index (χ0v) is 13.5. The summed E-state index contributed by atoms with van der Waals surface area (Å²) in [7, 11) is 0. The monoisotopic (exact) mass is 290 g/mol. The van der Waals surface area contributed by atoms with Crippen molar-refractivity contribution in [3.63, 3.8) is 0 Å². The Bertz CT molecular complexity index is 416. The van der Waals surface area contributed by atoms with Gasteiger partial charge in [-0.2, -0.15) is 0 Å². The van der Waals surface area contributed by atoms with Gasteiger partial charge < -0.3 is 15.7 Å². The first-order valence-corrected chi connectivity index (χ1v) is 8.28. The molecule has 2 atom stereocenters. The highest BCUT2D eigenvalue weighted by atomic mass is 16.3. The average molecular weight is 290 g/mol. The van der Waals surface area contributed by atoms with Crippen LogP contribution in [0.2, 0.25) is 0 Å². The van der Waals surface area contributed by atoms with Crippen LogP contribution >= 0.6 is 0 Å². The number of aliphatic hydroxyl groups excluding tert-OH is 1. The van der Waals surface area contributed by atoms with Gasteiger partial charge in [0.25, 0.3) is 0 Å². The molecule has 1 saturated heterocycles. The topological polar surface area (TPSA) is 49.5 Å². The van der Waals surface area contributed by atoms with Crippen molar-refractivity contribution in [3.05, 3.63) is 35.9 Å². The summed E-state index contributed by atoms with van der Waals surface area (Å²) < 4.78 is 0. The Morgan fingerprint density at radius 1 is 1.24 bits per heavy atom. The van der Waals surface area contributed by atoms with Gasteiger partial charge in [0.2, 0.25) is 0 Å². The second-order valence-corrected chi connectivity index (χ2v) is 6.61. The molecule has 3 heteroatoms. The molecule has 0 radical (unpaired) electrons. The van der Waals surface area contributed by atoms with Gasteiger partial charge in [0.05, 0.1) is 6.10 Å². The molecule has 3 N–H and O–H groups in total. The third-order valence-electron chi connectivity index (χ3n) is 5.27. The lowest BCUT2D eigenvalue weighted by atomic mass is 9.82. The Morgan fingerprint density at radius 2 is 1.90 bits per heavy atom. The first-order chi connectivity index (χ1) is 10.1. The van der Waals surface area contributed by atoms with Crippen molar-refractivity contribution in [2.45, 2.75) is 51.7 Å². The predicted molar refractivity (Wildman–Crippen MR) is 88.2 cm³/mol. The summed E-state index contributed by atoms with van der Waals surface area (Å²) in [5.41, 5.74) is 7.84. The van der Waals surface area contributed by atoms with E-state index in [1.807, 2.05) is 18.2 Å². The smallest absolute Gasteiger partial charge is 0.0820 e. The first kappa shape index (κ1) is 16.5. The molecule has 0 saturated carbocycles. The van der Waals surface area contributed by atoms with Crippen LogP contribution in [-0.4, -0.2) is 41.8 Å². The SMILES string of the molecule is CCC1(CC)CCN(CC(O)C(N)Cc2ccccc2)C1. The minimum Gasteiger partial charge on any atom is -0.390 e. The molecule has 0 bridgehead atoms. The fraction of sp³-hybridized carbons (Fsp3) is 0.667. The van der Waals surface area contributed by atoms with Crippen LogP contribution in [0.25, 0.3) is 0 Å². The normalized spacial score (nSPS) is 21.3. The summed E-state index contributed by atoms with van der Waals surface area (Å²) in [5.74, 6) is 0. The summed E-state index contributed by atoms with van der Waals surface area (Å²) in [6.07, 6.45) is 4.00. The molecule has 0 aromatic heterocycles. The highest BCUT2D eigenvalue weighted by Gasteiger charge is 2.35. The minimum absolute atomic E-state index is 0.189. The molecule has 1 fully saturated rings. The number of hydrogen-bond donors (Lipinski definition) is 2. The Labute approximate surface area is 129 Å². The molecule has 0 amide bonds. The van der Waals surface area contributed by atoms with Crippen molar-refractivity contribution >= 4 is 0 Å². The number of likely N-dealkylation sites (tertiary alicyclic amines) is 1. The van der Waals surface area contributed by atoms with Gasteiger partial charge in [0, 0.05) is 19.1 Å². The van der Waals surface area contributed by atoms with Crippen LogP contribution in [-0.2, 0) is 6.42 Å². The Balaban J connectivity index is 1.83. The number of rotatable bonds is 7. The zero-order valence-electron chi connectivity index (χ0n) is 13.5. The van der Waals surface area contributed by atoms with Crippen LogP contribution in [0.1, 0.15) is 38.7 Å². The molecule has 2 rings (SSSR count). The fourth-order valence-corrected chi connectivity index (χ4v) is 3.43. The Morgan fingerprint density at radius 3 is 2.48 bits per heavy atom. The molecule has 118 valence electrons. The minimum atomic E-state index is -0.449. The van der Waals surface area contributed by atoms with Gasteiger partial charge >= 0.3 is 0 Å². The van der Waals surface area contributed by atoms with Crippen molar-refractivity contribution in [2.24, 2.45) is 11.1 Å². The van der Waals surface area contributed by atoms with Crippen LogP contribution < -0.4 is 5.73 Å². The third-order valence-corrected chi connectivity index (χ3v) is 5.27. The average Bonchev–Trinajstić information content (AvgIpc) is 2.92. The molecule has 1 heterocycles. The number of nitrogens with two attached hydrogens (primary N) is 1. The molecule has 21 heavy (non-hydrogen) atoms. The van der Waals surface area contributed by atoms with Gasteiger partial charge in [-0.05, 0) is 43.2 Å². The van der Waals surface area contributed by atoms with Gasteiger partial charge in [0.15, 0.2) is 0 Å². The number of aliphatic hydroxyl groups is 1. The maximum atomic E-state index is 10.4. The molecule has 3 nitrogen and oxygen atoms in total. The highest BCUT2D eigenvalue weighted by Crippen LogP contribution is 2.36. The van der Waals surface area contributed by atoms with Crippen LogP contribution in [0.5, 0.6) is 0 Å². The second kappa shape index (κ2) is 7.39. The maximum absolute atomic E-state index is 10.4. The van der Waals surface area contributed by atoms with Crippen molar-refractivity contribution in [3.8, 4) is 0 Å². The van der Waals surface area contributed by atoms with Crippen molar-refractivity contribution in [1.29, 1.82) is 0 Å². The van der Waals surface area contributed by atoms with E-state index in [1.54, 1.807) is 0 Å². The number of hydrogen-bond acceptors (Lipinski definition) is 3. The first-order valence-electron chi connectivity index (χ1n) is 8.28. The van der Waals surface area contributed by atoms with E-state index in [0.29, 0.717) is 12.0 Å². The summed E-state index contributed by atoms with van der Waals surface area (Å²) in [6.45, 7) is 7.47. The van der Waals surface area contributed by atoms with Crippen molar-refractivity contribution in [2.75, 3.05) is 19.6 Å². The molecule has 0 spiro atoms. The van der Waals surface area contributed by atoms with Crippen LogP contribution in [0.4, 0.5) is 0 Å². The molecule has 1 aromatic rings. The van der Waals surface area contributed by atoms with Crippen LogP contribution in [0, 0.1) is 5.41 Å². The second-order valence-electron chi connectivity index (χ2n) is 6.61. The van der Waals surface area contributed by atoms with Crippen LogP contribution in [0.3, 0.4) is 0 Å². The van der Waals surface area contributed by atoms with E-state index in [4.69, 9.17) is 5.73 Å². The van der Waals surface area contributed by atoms with E-state index >= 15 is 0 Å². The quantitative estimate of drug-likeness (QED) is 0.811. The van der Waals surface area contributed by atoms with E-state index in [1.165, 1.54) is 24.8 Å². The van der Waals surface area contributed by atoms with Crippen LogP contribution in [0.15, 0.2) is 30.3 Å². The molecule has 1 aromatic carbocycles. The van der Waals surface area contributed by atoms with E-state index in [2.05, 4.69) is 30.9 Å². The lowest BCUT2D eigenvalue weighted by Gasteiger charge is -2.28. The largest absolute Gasteiger partial charge is 0.390 e. The molecule has 1 aliphatic rings. The van der Waals surface area contributed by atoms with E-state index in [0.717, 1.165) is 19.5 Å². The van der Waals surface area contributed by atoms with E-state index in [-0.39, 0.29) is 6.04 Å². The van der Waals surface area contributed by atoms with Crippen molar-refractivity contribution < 1.29 is 5.11 Å². The van der Waals surface area contributed by atoms with Gasteiger partial charge in [-0.1, -0.05) is 44.2 Å². The lowest BCUT2D eigenvalue weighted by Crippen LogP contribution is -2.44. The molecular weight excluding hydrogens is 260 g/mol. The predicted octanol–water partition coefficient (Wildman–Crippen LogP) is 2.43. The van der Waals surface area contributed by atoms with Gasteiger partial charge in [-0.25, -0.2) is 0 Å². The summed E-state index contributed by atoms with van der Waals surface area (Å²) in [4.78, 5) is 2.39. The third kappa shape index (κ3) is 4.29. The Hall–Kier alpha value is -0.900. The Kier molecular flexibility index (Phi) is 5.80. The summed E-state index contributed by atoms with van der Waals surface area (Å²) in [6, 6.07) is 10.00. The summed E-state index contributed by atoms with van der Waals surface area (Å²) >= 11 is 0. The highest BCUT2D eigenvalue weighted by molar-refractivity contribution is 5.16. The fourth-order valence-electron chi connectivity index (χ4n) is 3.43. The van der Waals surface area contributed by atoms with Gasteiger partial charge in [0.1, 0.15) is 0 Å². The molecular formula is C18H30N2O. The van der Waals surface area contributed by atoms with Gasteiger partial charge in [-0.15, -0.1) is 0 Å². The van der Waals surface area contributed by atoms with E-state index < -0.39 is 6.10 Å². The zero-order chi connectivity index (χ0) is 15.3. The molecule has 2 unspecified atom stereocenters. The lowest BCUT2D eigenvalue weighted by molar-refractivity contribution is 0.0944. The number of nitrogens with zero attached hydrogens (tertiary/aromatic N) is 1. The van der Waals surface area contributed by atoms with E-state index in [9.17, 15) is 5.11 Å². The molecule has 1 aliphatic heterocycles.